The molecule has 0 fully saturated rings. The van der Waals surface area contributed by atoms with Gasteiger partial charge in [-0.2, -0.15) is 0 Å². The van der Waals surface area contributed by atoms with Gasteiger partial charge in [-0.1, -0.05) is 36.4 Å². The molecule has 1 atom stereocenters. The number of carbonyl (C=O) groups is 1. The number of methoxy groups -OCH3 is 1. The molecule has 3 rings (SSSR count). The van der Waals surface area contributed by atoms with E-state index in [0.717, 1.165) is 12.8 Å². The van der Waals surface area contributed by atoms with Gasteiger partial charge in [0.05, 0.1) is 12.7 Å². The number of hydrogen-bond donors (Lipinski definition) is 0. The second kappa shape index (κ2) is 4.88. The maximum Gasteiger partial charge on any atom is 0.174 e. The Bertz CT molecular complexity index is 616. The Morgan fingerprint density at radius 3 is 2.68 bits per heavy atom. The average molecular weight is 252 g/mol. The summed E-state index contributed by atoms with van der Waals surface area (Å²) in [5, 5.41) is 0. The number of hydrogen-bond acceptors (Lipinski definition) is 2. The molecule has 1 aliphatic carbocycles. The highest BCUT2D eigenvalue weighted by atomic mass is 16.5. The highest BCUT2D eigenvalue weighted by molar-refractivity contribution is 6.03. The molecule has 2 heteroatoms. The Hall–Kier alpha value is -2.09. The molecule has 0 aliphatic heterocycles. The van der Waals surface area contributed by atoms with Gasteiger partial charge in [0.2, 0.25) is 0 Å². The third kappa shape index (κ3) is 2.03. The van der Waals surface area contributed by atoms with Crippen molar-refractivity contribution in [2.75, 3.05) is 7.11 Å². The Balaban J connectivity index is 1.98. The molecule has 2 aromatic rings. The quantitative estimate of drug-likeness (QED) is 0.780. The molecular formula is C17H16O2. The fourth-order valence-electron chi connectivity index (χ4n) is 2.87. The summed E-state index contributed by atoms with van der Waals surface area (Å²) in [6.07, 6.45) is 1.89. The minimum absolute atomic E-state index is 0.0208. The molecule has 0 amide bonds. The van der Waals surface area contributed by atoms with Crippen molar-refractivity contribution >= 4 is 5.78 Å². The summed E-state index contributed by atoms with van der Waals surface area (Å²) in [5.74, 6) is 0.812. The second-order valence-electron chi connectivity index (χ2n) is 4.85. The van der Waals surface area contributed by atoms with E-state index in [1.165, 1.54) is 11.1 Å². The van der Waals surface area contributed by atoms with Gasteiger partial charge in [-0.25, -0.2) is 0 Å². The van der Waals surface area contributed by atoms with Crippen molar-refractivity contribution in [3.63, 3.8) is 0 Å². The van der Waals surface area contributed by atoms with Gasteiger partial charge in [-0.15, -0.1) is 0 Å². The van der Waals surface area contributed by atoms with Crippen molar-refractivity contribution in [2.24, 2.45) is 0 Å². The molecule has 1 unspecified atom stereocenters. The first-order chi connectivity index (χ1) is 9.31. The third-order valence-corrected chi connectivity index (χ3v) is 3.82. The van der Waals surface area contributed by atoms with Crippen LogP contribution in [-0.2, 0) is 6.42 Å². The first kappa shape index (κ1) is 12.0. The van der Waals surface area contributed by atoms with Gasteiger partial charge in [0.25, 0.3) is 0 Å². The van der Waals surface area contributed by atoms with Crippen LogP contribution >= 0.6 is 0 Å². The minimum atomic E-state index is -0.0208. The number of fused-ring (bicyclic) bond motifs is 1. The fourth-order valence-corrected chi connectivity index (χ4v) is 2.87. The zero-order chi connectivity index (χ0) is 13.2. The Labute approximate surface area is 113 Å². The summed E-state index contributed by atoms with van der Waals surface area (Å²) in [5.41, 5.74) is 3.17. The molecule has 0 heterocycles. The number of rotatable bonds is 3. The minimum Gasteiger partial charge on any atom is -0.496 e. The van der Waals surface area contributed by atoms with Crippen molar-refractivity contribution in [3.05, 3.63) is 65.2 Å². The van der Waals surface area contributed by atoms with Gasteiger partial charge >= 0.3 is 0 Å². The number of Topliss-reactive ketones (excluding diaryl/α,β-unsaturated/α-hetero) is 1. The molecule has 96 valence electrons. The SMILES string of the molecule is COc1ccccc1C(=O)C1CCc2ccccc21. The van der Waals surface area contributed by atoms with Crippen LogP contribution in [0.4, 0.5) is 0 Å². The molecule has 2 nitrogen and oxygen atoms in total. The van der Waals surface area contributed by atoms with E-state index in [4.69, 9.17) is 4.74 Å². The molecule has 19 heavy (non-hydrogen) atoms. The topological polar surface area (TPSA) is 26.3 Å². The molecule has 0 saturated heterocycles. The molecule has 0 spiro atoms. The largest absolute Gasteiger partial charge is 0.496 e. The van der Waals surface area contributed by atoms with E-state index in [1.807, 2.05) is 36.4 Å². The van der Waals surface area contributed by atoms with Crippen LogP contribution in [0.15, 0.2) is 48.5 Å². The zero-order valence-electron chi connectivity index (χ0n) is 10.9. The van der Waals surface area contributed by atoms with Crippen molar-refractivity contribution in [2.45, 2.75) is 18.8 Å². The number of carbonyl (C=O) groups excluding carboxylic acids is 1. The van der Waals surface area contributed by atoms with Gasteiger partial charge in [0, 0.05) is 5.92 Å². The van der Waals surface area contributed by atoms with Crippen molar-refractivity contribution in [1.29, 1.82) is 0 Å². The maximum absolute atomic E-state index is 12.7. The first-order valence-electron chi connectivity index (χ1n) is 6.56. The van der Waals surface area contributed by atoms with Gasteiger partial charge < -0.3 is 4.74 Å². The van der Waals surface area contributed by atoms with E-state index in [-0.39, 0.29) is 11.7 Å². The molecule has 0 N–H and O–H groups in total. The predicted octanol–water partition coefficient (Wildman–Crippen LogP) is 3.61. The third-order valence-electron chi connectivity index (χ3n) is 3.82. The lowest BCUT2D eigenvalue weighted by atomic mass is 9.92. The van der Waals surface area contributed by atoms with Gasteiger partial charge in [-0.05, 0) is 36.1 Å². The lowest BCUT2D eigenvalue weighted by Gasteiger charge is -2.13. The summed E-state index contributed by atoms with van der Waals surface area (Å²) < 4.78 is 5.29. The zero-order valence-corrected chi connectivity index (χ0v) is 10.9. The molecule has 1 aliphatic rings. The average Bonchev–Trinajstić information content (AvgIpc) is 2.90. The van der Waals surface area contributed by atoms with Crippen LogP contribution in [0.3, 0.4) is 0 Å². The normalized spacial score (nSPS) is 17.0. The van der Waals surface area contributed by atoms with Crippen LogP contribution in [-0.4, -0.2) is 12.9 Å². The van der Waals surface area contributed by atoms with Crippen molar-refractivity contribution in [1.82, 2.24) is 0 Å². The Morgan fingerprint density at radius 1 is 1.11 bits per heavy atom. The summed E-state index contributed by atoms with van der Waals surface area (Å²) in [6.45, 7) is 0. The van der Waals surface area contributed by atoms with E-state index >= 15 is 0 Å². The molecule has 2 aromatic carbocycles. The standard InChI is InChI=1S/C17H16O2/c1-19-16-9-5-4-8-15(16)17(18)14-11-10-12-6-2-3-7-13(12)14/h2-9,14H,10-11H2,1H3. The Morgan fingerprint density at radius 2 is 1.84 bits per heavy atom. The smallest absolute Gasteiger partial charge is 0.174 e. The van der Waals surface area contributed by atoms with Crippen LogP contribution < -0.4 is 4.74 Å². The van der Waals surface area contributed by atoms with E-state index < -0.39 is 0 Å². The van der Waals surface area contributed by atoms with Gasteiger partial charge in [0.15, 0.2) is 5.78 Å². The second-order valence-corrected chi connectivity index (χ2v) is 4.85. The summed E-state index contributed by atoms with van der Waals surface area (Å²) in [4.78, 5) is 12.7. The van der Waals surface area contributed by atoms with Gasteiger partial charge in [-0.3, -0.25) is 4.79 Å². The molecule has 0 bridgehead atoms. The van der Waals surface area contributed by atoms with Crippen LogP contribution in [0.25, 0.3) is 0 Å². The van der Waals surface area contributed by atoms with E-state index in [2.05, 4.69) is 12.1 Å². The highest BCUT2D eigenvalue weighted by Crippen LogP contribution is 2.36. The van der Waals surface area contributed by atoms with Crippen molar-refractivity contribution < 1.29 is 9.53 Å². The monoisotopic (exact) mass is 252 g/mol. The maximum atomic E-state index is 12.7. The fraction of sp³-hybridized carbons (Fsp3) is 0.235. The molecule has 0 saturated carbocycles. The summed E-state index contributed by atoms with van der Waals surface area (Å²) >= 11 is 0. The van der Waals surface area contributed by atoms with Crippen LogP contribution in [0.2, 0.25) is 0 Å². The predicted molar refractivity (Wildman–Crippen MR) is 74.8 cm³/mol. The Kier molecular flexibility index (Phi) is 3.08. The molecule has 0 aromatic heterocycles. The highest BCUT2D eigenvalue weighted by Gasteiger charge is 2.30. The number of ether oxygens (including phenoxy) is 1. The van der Waals surface area contributed by atoms with E-state index in [0.29, 0.717) is 11.3 Å². The van der Waals surface area contributed by atoms with Crippen molar-refractivity contribution in [3.8, 4) is 5.75 Å². The lowest BCUT2D eigenvalue weighted by molar-refractivity contribution is 0.0956. The molecule has 0 radical (unpaired) electrons. The van der Waals surface area contributed by atoms with Crippen LogP contribution in [0.1, 0.15) is 33.8 Å². The van der Waals surface area contributed by atoms with E-state index in [9.17, 15) is 4.79 Å². The van der Waals surface area contributed by atoms with Crippen LogP contribution in [0.5, 0.6) is 5.75 Å². The number of aryl methyl sites for hydroxylation is 1. The van der Waals surface area contributed by atoms with Crippen LogP contribution in [0, 0.1) is 0 Å². The number of ketones is 1. The van der Waals surface area contributed by atoms with E-state index in [1.54, 1.807) is 7.11 Å². The number of benzene rings is 2. The lowest BCUT2D eigenvalue weighted by Crippen LogP contribution is -2.11. The number of para-hydroxylation sites is 1. The first-order valence-corrected chi connectivity index (χ1v) is 6.56. The molecular weight excluding hydrogens is 236 g/mol. The van der Waals surface area contributed by atoms with Gasteiger partial charge in [0.1, 0.15) is 5.75 Å². The summed E-state index contributed by atoms with van der Waals surface area (Å²) in [7, 11) is 1.61. The summed E-state index contributed by atoms with van der Waals surface area (Å²) in [6, 6.07) is 15.7.